The van der Waals surface area contributed by atoms with Gasteiger partial charge in [0.05, 0.1) is 16.8 Å². The third kappa shape index (κ3) is 3.14. The average molecular weight is 282 g/mol. The highest BCUT2D eigenvalue weighted by molar-refractivity contribution is 7.80. The Morgan fingerprint density at radius 1 is 1.56 bits per heavy atom. The van der Waals surface area contributed by atoms with Crippen LogP contribution >= 0.6 is 24.0 Å². The molecule has 0 atom stereocenters. The van der Waals surface area contributed by atoms with E-state index in [1.807, 2.05) is 25.1 Å². The van der Waals surface area contributed by atoms with Crippen LogP contribution in [0.5, 0.6) is 5.75 Å². The minimum Gasteiger partial charge on any atom is -0.494 e. The molecule has 96 valence electrons. The Morgan fingerprint density at radius 3 is 3.11 bits per heavy atom. The van der Waals surface area contributed by atoms with E-state index >= 15 is 0 Å². The van der Waals surface area contributed by atoms with Gasteiger partial charge in [0.2, 0.25) is 5.91 Å². The minimum atomic E-state index is -0.0610. The molecule has 1 aromatic heterocycles. The second kappa shape index (κ2) is 6.06. The summed E-state index contributed by atoms with van der Waals surface area (Å²) in [5, 5.41) is 3.38. The number of thiazole rings is 1. The molecule has 0 radical (unpaired) electrons. The fourth-order valence-corrected chi connectivity index (χ4v) is 2.61. The summed E-state index contributed by atoms with van der Waals surface area (Å²) in [7, 11) is 0. The zero-order chi connectivity index (χ0) is 13.0. The smallest absolute Gasteiger partial charge is 0.226 e. The summed E-state index contributed by atoms with van der Waals surface area (Å²) < 4.78 is 6.43. The first kappa shape index (κ1) is 13.2. The van der Waals surface area contributed by atoms with Gasteiger partial charge in [-0.05, 0) is 30.9 Å². The maximum absolute atomic E-state index is 11.4. The highest BCUT2D eigenvalue weighted by Crippen LogP contribution is 2.29. The molecular weight excluding hydrogens is 268 g/mol. The average Bonchev–Trinajstić information content (AvgIpc) is 2.71. The predicted octanol–water partition coefficient (Wildman–Crippen LogP) is 2.95. The van der Waals surface area contributed by atoms with E-state index in [4.69, 9.17) is 4.74 Å². The van der Waals surface area contributed by atoms with Gasteiger partial charge in [-0.25, -0.2) is 4.98 Å². The number of anilines is 1. The van der Waals surface area contributed by atoms with Crippen LogP contribution in [0.25, 0.3) is 10.2 Å². The van der Waals surface area contributed by atoms with Crippen molar-refractivity contribution in [2.24, 2.45) is 0 Å². The van der Waals surface area contributed by atoms with Crippen molar-refractivity contribution in [2.45, 2.75) is 13.3 Å². The third-order valence-corrected chi connectivity index (χ3v) is 3.41. The third-order valence-electron chi connectivity index (χ3n) is 2.26. The van der Waals surface area contributed by atoms with Crippen LogP contribution in [0, 0.1) is 0 Å². The van der Waals surface area contributed by atoms with Crippen LogP contribution in [-0.4, -0.2) is 23.3 Å². The second-order valence-corrected chi connectivity index (χ2v) is 5.08. The monoisotopic (exact) mass is 282 g/mol. The largest absolute Gasteiger partial charge is 0.494 e. The molecular formula is C12H14N2O2S2. The molecule has 0 unspecified atom stereocenters. The number of rotatable bonds is 5. The number of hydrogen-bond donors (Lipinski definition) is 2. The molecule has 0 fully saturated rings. The summed E-state index contributed by atoms with van der Waals surface area (Å²) >= 11 is 5.46. The second-order valence-electron chi connectivity index (χ2n) is 3.60. The van der Waals surface area contributed by atoms with Crippen LogP contribution in [0.4, 0.5) is 5.13 Å². The van der Waals surface area contributed by atoms with E-state index in [-0.39, 0.29) is 5.91 Å². The van der Waals surface area contributed by atoms with E-state index in [9.17, 15) is 4.79 Å². The molecule has 1 amide bonds. The fraction of sp³-hybridized carbons (Fsp3) is 0.333. The molecule has 6 heteroatoms. The summed E-state index contributed by atoms with van der Waals surface area (Å²) in [6.07, 6.45) is 0.392. The molecule has 2 rings (SSSR count). The number of fused-ring (bicyclic) bond motifs is 1. The molecule has 0 spiro atoms. The lowest BCUT2D eigenvalue weighted by atomic mass is 10.3. The van der Waals surface area contributed by atoms with Crippen molar-refractivity contribution < 1.29 is 9.53 Å². The summed E-state index contributed by atoms with van der Waals surface area (Å²) in [4.78, 5) is 15.8. The molecule has 0 aliphatic carbocycles. The van der Waals surface area contributed by atoms with Crippen LogP contribution < -0.4 is 10.1 Å². The molecule has 0 saturated heterocycles. The number of amides is 1. The number of nitrogens with one attached hydrogen (secondary N) is 1. The Hall–Kier alpha value is -1.27. The number of carbonyl (C=O) groups is 1. The highest BCUT2D eigenvalue weighted by Gasteiger charge is 2.08. The first-order valence-corrected chi connectivity index (χ1v) is 7.12. The van der Waals surface area contributed by atoms with E-state index in [0.29, 0.717) is 23.9 Å². The summed E-state index contributed by atoms with van der Waals surface area (Å²) in [5.74, 6) is 1.29. The van der Waals surface area contributed by atoms with Crippen molar-refractivity contribution >= 4 is 45.2 Å². The van der Waals surface area contributed by atoms with Crippen LogP contribution in [0.15, 0.2) is 18.2 Å². The Kier molecular flexibility index (Phi) is 4.43. The van der Waals surface area contributed by atoms with Crippen LogP contribution in [0.3, 0.4) is 0 Å². The number of carbonyl (C=O) groups excluding carboxylic acids is 1. The standard InChI is InChI=1S/C12H14N2O2S2/c1-2-16-8-3-4-9-10(7-8)18-12(13-9)14-11(15)5-6-17/h3-4,7,17H,2,5-6H2,1H3,(H,13,14,15). The van der Waals surface area contributed by atoms with Gasteiger partial charge in [0.15, 0.2) is 5.13 Å². The van der Waals surface area contributed by atoms with Gasteiger partial charge in [0.1, 0.15) is 5.75 Å². The van der Waals surface area contributed by atoms with Crippen molar-refractivity contribution in [1.29, 1.82) is 0 Å². The molecule has 0 aliphatic heterocycles. The Labute approximate surface area is 115 Å². The van der Waals surface area contributed by atoms with E-state index in [1.54, 1.807) is 0 Å². The van der Waals surface area contributed by atoms with Gasteiger partial charge < -0.3 is 10.1 Å². The number of nitrogens with zero attached hydrogens (tertiary/aromatic N) is 1. The van der Waals surface area contributed by atoms with Gasteiger partial charge in [-0.2, -0.15) is 12.6 Å². The zero-order valence-corrected chi connectivity index (χ0v) is 11.7. The van der Waals surface area contributed by atoms with Crippen LogP contribution in [-0.2, 0) is 4.79 Å². The van der Waals surface area contributed by atoms with E-state index in [0.717, 1.165) is 16.0 Å². The van der Waals surface area contributed by atoms with Gasteiger partial charge in [0, 0.05) is 6.42 Å². The lowest BCUT2D eigenvalue weighted by Crippen LogP contribution is -2.11. The fourth-order valence-electron chi connectivity index (χ4n) is 1.50. The molecule has 0 aliphatic rings. The molecule has 0 bridgehead atoms. The molecule has 4 nitrogen and oxygen atoms in total. The summed E-state index contributed by atoms with van der Waals surface area (Å²) in [5.41, 5.74) is 0.865. The van der Waals surface area contributed by atoms with Gasteiger partial charge >= 0.3 is 0 Å². The molecule has 1 heterocycles. The number of aromatic nitrogens is 1. The van der Waals surface area contributed by atoms with Crippen molar-refractivity contribution in [3.63, 3.8) is 0 Å². The zero-order valence-electron chi connectivity index (χ0n) is 9.97. The number of thiol groups is 1. The van der Waals surface area contributed by atoms with E-state index in [2.05, 4.69) is 22.9 Å². The molecule has 18 heavy (non-hydrogen) atoms. The Bertz CT molecular complexity index is 554. The summed E-state index contributed by atoms with van der Waals surface area (Å²) in [6, 6.07) is 5.71. The van der Waals surface area contributed by atoms with Crippen molar-refractivity contribution in [1.82, 2.24) is 4.98 Å². The Morgan fingerprint density at radius 2 is 2.39 bits per heavy atom. The van der Waals surface area contributed by atoms with Gasteiger partial charge in [-0.3, -0.25) is 4.79 Å². The molecule has 1 aromatic carbocycles. The van der Waals surface area contributed by atoms with E-state index in [1.165, 1.54) is 11.3 Å². The van der Waals surface area contributed by atoms with Crippen LogP contribution in [0.1, 0.15) is 13.3 Å². The van der Waals surface area contributed by atoms with Crippen LogP contribution in [0.2, 0.25) is 0 Å². The first-order chi connectivity index (χ1) is 8.72. The number of hydrogen-bond acceptors (Lipinski definition) is 5. The van der Waals surface area contributed by atoms with Crippen molar-refractivity contribution in [3.05, 3.63) is 18.2 Å². The van der Waals surface area contributed by atoms with E-state index < -0.39 is 0 Å². The van der Waals surface area contributed by atoms with Crippen molar-refractivity contribution in [2.75, 3.05) is 17.7 Å². The number of benzene rings is 1. The van der Waals surface area contributed by atoms with Crippen molar-refractivity contribution in [3.8, 4) is 5.75 Å². The quantitative estimate of drug-likeness (QED) is 0.829. The normalized spacial score (nSPS) is 10.6. The SMILES string of the molecule is CCOc1ccc2nc(NC(=O)CCS)sc2c1. The number of ether oxygens (including phenoxy) is 1. The maximum atomic E-state index is 11.4. The minimum absolute atomic E-state index is 0.0610. The van der Waals surface area contributed by atoms with Gasteiger partial charge in [0.25, 0.3) is 0 Å². The predicted molar refractivity (Wildman–Crippen MR) is 77.9 cm³/mol. The lowest BCUT2D eigenvalue weighted by Gasteiger charge is -2.00. The molecule has 1 N–H and O–H groups in total. The Balaban J connectivity index is 2.19. The first-order valence-electron chi connectivity index (χ1n) is 5.67. The molecule has 2 aromatic rings. The summed E-state index contributed by atoms with van der Waals surface area (Å²) in [6.45, 7) is 2.58. The highest BCUT2D eigenvalue weighted by atomic mass is 32.1. The topological polar surface area (TPSA) is 51.2 Å². The van der Waals surface area contributed by atoms with Gasteiger partial charge in [-0.1, -0.05) is 11.3 Å². The molecule has 0 saturated carbocycles. The van der Waals surface area contributed by atoms with Gasteiger partial charge in [-0.15, -0.1) is 0 Å². The maximum Gasteiger partial charge on any atom is 0.226 e. The lowest BCUT2D eigenvalue weighted by molar-refractivity contribution is -0.115.